The van der Waals surface area contributed by atoms with Crippen molar-refractivity contribution in [2.75, 3.05) is 31.1 Å². The Morgan fingerprint density at radius 2 is 1.72 bits per heavy atom. The molecule has 0 bridgehead atoms. The molecule has 1 aliphatic rings. The fourth-order valence-corrected chi connectivity index (χ4v) is 3.41. The SMILES string of the molecule is CC(=O)c1ccc(-c2ccc(C(=O)N3CCN(c4cc(Cl)ncn4)CC3)o2)cc1. The highest BCUT2D eigenvalue weighted by Crippen LogP contribution is 2.24. The summed E-state index contributed by atoms with van der Waals surface area (Å²) in [5, 5.41) is 0.396. The Bertz CT molecular complexity index is 1040. The van der Waals surface area contributed by atoms with E-state index in [-0.39, 0.29) is 11.7 Å². The number of furan rings is 1. The van der Waals surface area contributed by atoms with E-state index in [0.717, 1.165) is 11.4 Å². The average Bonchev–Trinajstić information content (AvgIpc) is 3.24. The van der Waals surface area contributed by atoms with Gasteiger partial charge >= 0.3 is 0 Å². The molecule has 0 atom stereocenters. The van der Waals surface area contributed by atoms with Gasteiger partial charge in [0.15, 0.2) is 11.5 Å². The summed E-state index contributed by atoms with van der Waals surface area (Å²) in [5.74, 6) is 1.52. The number of ketones is 1. The maximum atomic E-state index is 12.8. The summed E-state index contributed by atoms with van der Waals surface area (Å²) in [6.07, 6.45) is 1.43. The number of anilines is 1. The Hall–Kier alpha value is -3.19. The van der Waals surface area contributed by atoms with Gasteiger partial charge in [-0.1, -0.05) is 35.9 Å². The number of hydrogen-bond acceptors (Lipinski definition) is 6. The second kappa shape index (κ2) is 8.05. The zero-order valence-electron chi connectivity index (χ0n) is 15.8. The highest BCUT2D eigenvalue weighted by Gasteiger charge is 2.25. The standard InChI is InChI=1S/C21H19ClN4O3/c1-14(27)15-2-4-16(5-3-15)17-6-7-18(29-17)21(28)26-10-8-25(9-11-26)20-12-19(22)23-13-24-20/h2-7,12-13H,8-11H2,1H3. The number of rotatable bonds is 4. The zero-order valence-corrected chi connectivity index (χ0v) is 16.6. The van der Waals surface area contributed by atoms with Gasteiger partial charge in [-0.15, -0.1) is 0 Å². The summed E-state index contributed by atoms with van der Waals surface area (Å²) in [5.41, 5.74) is 1.46. The minimum Gasteiger partial charge on any atom is -0.451 e. The summed E-state index contributed by atoms with van der Waals surface area (Å²) in [6, 6.07) is 12.3. The Morgan fingerprint density at radius 1 is 1.00 bits per heavy atom. The predicted octanol–water partition coefficient (Wildman–Crippen LogP) is 3.56. The van der Waals surface area contributed by atoms with Crippen molar-refractivity contribution in [1.82, 2.24) is 14.9 Å². The van der Waals surface area contributed by atoms with Crippen LogP contribution in [-0.2, 0) is 0 Å². The first-order valence-corrected chi connectivity index (χ1v) is 9.62. The highest BCUT2D eigenvalue weighted by atomic mass is 35.5. The summed E-state index contributed by atoms with van der Waals surface area (Å²) < 4.78 is 5.78. The molecule has 0 radical (unpaired) electrons. The Balaban J connectivity index is 1.41. The van der Waals surface area contributed by atoms with Crippen molar-refractivity contribution >= 4 is 29.1 Å². The molecule has 148 valence electrons. The summed E-state index contributed by atoms with van der Waals surface area (Å²) in [6.45, 7) is 3.95. The van der Waals surface area contributed by atoms with Gasteiger partial charge in [0.05, 0.1) is 0 Å². The van der Waals surface area contributed by atoms with Crippen LogP contribution in [0.4, 0.5) is 5.82 Å². The third kappa shape index (κ3) is 4.14. The lowest BCUT2D eigenvalue weighted by Gasteiger charge is -2.34. The van der Waals surface area contributed by atoms with E-state index in [1.807, 2.05) is 12.1 Å². The third-order valence-electron chi connectivity index (χ3n) is 4.90. The van der Waals surface area contributed by atoms with E-state index in [1.54, 1.807) is 35.2 Å². The molecule has 0 unspecified atom stereocenters. The molecule has 3 aromatic rings. The summed E-state index contributed by atoms with van der Waals surface area (Å²) in [7, 11) is 0. The van der Waals surface area contributed by atoms with Gasteiger partial charge in [0.2, 0.25) is 0 Å². The lowest BCUT2D eigenvalue weighted by Crippen LogP contribution is -2.49. The number of halogens is 1. The van der Waals surface area contributed by atoms with Crippen LogP contribution in [0, 0.1) is 0 Å². The fourth-order valence-electron chi connectivity index (χ4n) is 3.27. The minimum atomic E-state index is -0.142. The number of amides is 1. The molecule has 1 fully saturated rings. The number of hydrogen-bond donors (Lipinski definition) is 0. The zero-order chi connectivity index (χ0) is 20.4. The molecule has 4 rings (SSSR count). The van der Waals surface area contributed by atoms with E-state index in [9.17, 15) is 9.59 Å². The largest absolute Gasteiger partial charge is 0.451 e. The average molecular weight is 411 g/mol. The Kier molecular flexibility index (Phi) is 5.31. The van der Waals surface area contributed by atoms with Crippen molar-refractivity contribution in [2.24, 2.45) is 0 Å². The lowest BCUT2D eigenvalue weighted by atomic mass is 10.1. The molecule has 1 aromatic carbocycles. The Morgan fingerprint density at radius 3 is 2.38 bits per heavy atom. The summed E-state index contributed by atoms with van der Waals surface area (Å²) >= 11 is 5.93. The number of piperazine rings is 1. The smallest absolute Gasteiger partial charge is 0.289 e. The van der Waals surface area contributed by atoms with E-state index >= 15 is 0 Å². The van der Waals surface area contributed by atoms with E-state index < -0.39 is 0 Å². The lowest BCUT2D eigenvalue weighted by molar-refractivity contribution is 0.0715. The first-order chi connectivity index (χ1) is 14.0. The van der Waals surface area contributed by atoms with Gasteiger partial charge in [-0.25, -0.2) is 9.97 Å². The molecule has 29 heavy (non-hydrogen) atoms. The number of carbonyl (C=O) groups is 2. The van der Waals surface area contributed by atoms with E-state index in [0.29, 0.717) is 48.4 Å². The molecule has 1 saturated heterocycles. The van der Waals surface area contributed by atoms with E-state index in [4.69, 9.17) is 16.0 Å². The van der Waals surface area contributed by atoms with Crippen LogP contribution in [0.1, 0.15) is 27.8 Å². The molecular formula is C21H19ClN4O3. The van der Waals surface area contributed by atoms with Crippen LogP contribution in [0.2, 0.25) is 5.15 Å². The maximum Gasteiger partial charge on any atom is 0.289 e. The molecule has 0 spiro atoms. The third-order valence-corrected chi connectivity index (χ3v) is 5.11. The molecule has 1 amide bonds. The predicted molar refractivity (Wildman–Crippen MR) is 109 cm³/mol. The summed E-state index contributed by atoms with van der Waals surface area (Å²) in [4.78, 5) is 36.2. The maximum absolute atomic E-state index is 12.8. The second-order valence-electron chi connectivity index (χ2n) is 6.78. The van der Waals surface area contributed by atoms with Crippen molar-refractivity contribution in [3.8, 4) is 11.3 Å². The van der Waals surface area contributed by atoms with Crippen LogP contribution in [-0.4, -0.2) is 52.7 Å². The van der Waals surface area contributed by atoms with Crippen molar-refractivity contribution < 1.29 is 14.0 Å². The molecule has 0 aliphatic carbocycles. The monoisotopic (exact) mass is 410 g/mol. The number of Topliss-reactive ketones (excluding diaryl/α,β-unsaturated/α-hetero) is 1. The van der Waals surface area contributed by atoms with Crippen molar-refractivity contribution in [1.29, 1.82) is 0 Å². The number of aromatic nitrogens is 2. The van der Waals surface area contributed by atoms with Gasteiger partial charge in [0.25, 0.3) is 5.91 Å². The molecule has 8 heteroatoms. The minimum absolute atomic E-state index is 0.00948. The van der Waals surface area contributed by atoms with Crippen molar-refractivity contribution in [3.05, 3.63) is 65.3 Å². The van der Waals surface area contributed by atoms with Gasteiger partial charge < -0.3 is 14.2 Å². The van der Waals surface area contributed by atoms with Gasteiger partial charge in [-0.2, -0.15) is 0 Å². The molecular weight excluding hydrogens is 392 g/mol. The molecule has 1 aliphatic heterocycles. The van der Waals surface area contributed by atoms with Crippen LogP contribution >= 0.6 is 11.6 Å². The van der Waals surface area contributed by atoms with Gasteiger partial charge in [-0.3, -0.25) is 9.59 Å². The topological polar surface area (TPSA) is 79.5 Å². The Labute approximate surface area is 172 Å². The highest BCUT2D eigenvalue weighted by molar-refractivity contribution is 6.29. The fraction of sp³-hybridized carbons (Fsp3) is 0.238. The normalized spacial score (nSPS) is 14.1. The van der Waals surface area contributed by atoms with Crippen LogP contribution in [0.3, 0.4) is 0 Å². The van der Waals surface area contributed by atoms with Crippen molar-refractivity contribution in [2.45, 2.75) is 6.92 Å². The molecule has 3 heterocycles. The number of benzene rings is 1. The first-order valence-electron chi connectivity index (χ1n) is 9.24. The van der Waals surface area contributed by atoms with Crippen LogP contribution < -0.4 is 4.90 Å². The first kappa shape index (κ1) is 19.1. The molecule has 7 nitrogen and oxygen atoms in total. The second-order valence-corrected chi connectivity index (χ2v) is 7.16. The molecule has 0 N–H and O–H groups in total. The van der Waals surface area contributed by atoms with Gasteiger partial charge in [0.1, 0.15) is 23.1 Å². The van der Waals surface area contributed by atoms with Gasteiger partial charge in [0, 0.05) is 43.4 Å². The van der Waals surface area contributed by atoms with Crippen LogP contribution in [0.5, 0.6) is 0 Å². The molecule has 2 aromatic heterocycles. The molecule has 0 saturated carbocycles. The van der Waals surface area contributed by atoms with Crippen LogP contribution in [0.25, 0.3) is 11.3 Å². The van der Waals surface area contributed by atoms with Gasteiger partial charge in [-0.05, 0) is 19.1 Å². The van der Waals surface area contributed by atoms with E-state index in [1.165, 1.54) is 13.3 Å². The van der Waals surface area contributed by atoms with Crippen LogP contribution in [0.15, 0.2) is 53.2 Å². The van der Waals surface area contributed by atoms with E-state index in [2.05, 4.69) is 14.9 Å². The number of nitrogens with zero attached hydrogens (tertiary/aromatic N) is 4. The number of carbonyl (C=O) groups excluding carboxylic acids is 2. The van der Waals surface area contributed by atoms with Crippen molar-refractivity contribution in [3.63, 3.8) is 0 Å². The quantitative estimate of drug-likeness (QED) is 0.483.